The highest BCUT2D eigenvalue weighted by atomic mass is 16.6. The Kier molecular flexibility index (Phi) is 6.03. The molecule has 1 aliphatic heterocycles. The van der Waals surface area contributed by atoms with Crippen LogP contribution in [0.5, 0.6) is 5.75 Å². The number of rotatable bonds is 4. The fraction of sp³-hybridized carbons (Fsp3) is 0.556. The molecule has 1 aromatic carbocycles. The van der Waals surface area contributed by atoms with E-state index >= 15 is 0 Å². The molecule has 2 rings (SSSR count). The average Bonchev–Trinajstić information content (AvgIpc) is 2.58. The normalized spacial score (nSPS) is 15.2. The molecule has 1 aromatic rings. The zero-order valence-electron chi connectivity index (χ0n) is 15.2. The van der Waals surface area contributed by atoms with E-state index in [-0.39, 0.29) is 29.0 Å². The van der Waals surface area contributed by atoms with Gasteiger partial charge in [0.15, 0.2) is 0 Å². The summed E-state index contributed by atoms with van der Waals surface area (Å²) >= 11 is 0. The third kappa shape index (κ3) is 5.34. The summed E-state index contributed by atoms with van der Waals surface area (Å²) in [5, 5.41) is 20.0. The molecule has 1 amide bonds. The molecule has 0 aromatic heterocycles. The Morgan fingerprint density at radius 1 is 1.38 bits per heavy atom. The zero-order chi connectivity index (χ0) is 19.3. The van der Waals surface area contributed by atoms with Crippen molar-refractivity contribution in [2.24, 2.45) is 5.92 Å². The maximum Gasteiger partial charge on any atom is 0.410 e. The zero-order valence-corrected chi connectivity index (χ0v) is 15.2. The van der Waals surface area contributed by atoms with Crippen LogP contribution in [0, 0.1) is 27.4 Å². The van der Waals surface area contributed by atoms with Gasteiger partial charge in [-0.1, -0.05) is 0 Å². The Bertz CT molecular complexity index is 713. The first-order chi connectivity index (χ1) is 12.2. The Morgan fingerprint density at radius 3 is 2.58 bits per heavy atom. The molecule has 1 heterocycles. The first-order valence-corrected chi connectivity index (χ1v) is 8.49. The molecule has 140 valence electrons. The molecule has 1 aliphatic rings. The molecule has 8 heteroatoms. The maximum atomic E-state index is 12.1. The first-order valence-electron chi connectivity index (χ1n) is 8.49. The van der Waals surface area contributed by atoms with Crippen LogP contribution in [-0.2, 0) is 4.74 Å². The summed E-state index contributed by atoms with van der Waals surface area (Å²) in [5.41, 5.74) is -0.368. The quantitative estimate of drug-likeness (QED) is 0.600. The lowest BCUT2D eigenvalue weighted by Gasteiger charge is -2.33. The number of carbonyl (C=O) groups excluding carboxylic acids is 1. The monoisotopic (exact) mass is 361 g/mol. The fourth-order valence-corrected chi connectivity index (χ4v) is 2.65. The van der Waals surface area contributed by atoms with E-state index in [1.807, 2.05) is 26.8 Å². The van der Waals surface area contributed by atoms with Gasteiger partial charge in [-0.2, -0.15) is 5.26 Å². The van der Waals surface area contributed by atoms with E-state index in [0.29, 0.717) is 19.7 Å². The van der Waals surface area contributed by atoms with E-state index in [4.69, 9.17) is 14.7 Å². The van der Waals surface area contributed by atoms with Crippen LogP contribution in [0.15, 0.2) is 18.2 Å². The molecular formula is C18H23N3O5. The number of ether oxygens (including phenoxy) is 2. The van der Waals surface area contributed by atoms with E-state index in [1.54, 1.807) is 4.90 Å². The number of amides is 1. The highest BCUT2D eigenvalue weighted by Gasteiger charge is 2.27. The van der Waals surface area contributed by atoms with Crippen LogP contribution in [0.4, 0.5) is 10.5 Å². The molecular weight excluding hydrogens is 338 g/mol. The maximum absolute atomic E-state index is 12.1. The molecule has 8 nitrogen and oxygen atoms in total. The smallest absolute Gasteiger partial charge is 0.410 e. The highest BCUT2D eigenvalue weighted by Crippen LogP contribution is 2.26. The minimum Gasteiger partial charge on any atom is -0.492 e. The number of hydrogen-bond donors (Lipinski definition) is 0. The molecule has 0 bridgehead atoms. The van der Waals surface area contributed by atoms with Gasteiger partial charge < -0.3 is 14.4 Å². The third-order valence-corrected chi connectivity index (χ3v) is 4.04. The predicted octanol–water partition coefficient (Wildman–Crippen LogP) is 3.49. The predicted molar refractivity (Wildman–Crippen MR) is 93.8 cm³/mol. The van der Waals surface area contributed by atoms with Crippen molar-refractivity contribution in [2.75, 3.05) is 19.7 Å². The first kappa shape index (κ1) is 19.5. The lowest BCUT2D eigenvalue weighted by Crippen LogP contribution is -2.42. The lowest BCUT2D eigenvalue weighted by molar-refractivity contribution is -0.384. The fourth-order valence-electron chi connectivity index (χ4n) is 2.65. The van der Waals surface area contributed by atoms with Crippen LogP contribution >= 0.6 is 0 Å². The SMILES string of the molecule is CC(C)(C)OC(=O)N1CCC(COc2cc([N+](=O)[O-])ccc2C#N)CC1. The van der Waals surface area contributed by atoms with E-state index in [9.17, 15) is 14.9 Å². The van der Waals surface area contributed by atoms with Gasteiger partial charge in [-0.3, -0.25) is 10.1 Å². The van der Waals surface area contributed by atoms with Crippen molar-refractivity contribution in [1.82, 2.24) is 4.90 Å². The molecule has 1 saturated heterocycles. The Hall–Kier alpha value is -2.82. The lowest BCUT2D eigenvalue weighted by atomic mass is 9.98. The van der Waals surface area contributed by atoms with Crippen LogP contribution in [-0.4, -0.2) is 41.2 Å². The van der Waals surface area contributed by atoms with Crippen LogP contribution in [0.2, 0.25) is 0 Å². The molecule has 26 heavy (non-hydrogen) atoms. The van der Waals surface area contributed by atoms with Crippen LogP contribution < -0.4 is 4.74 Å². The Morgan fingerprint density at radius 2 is 2.04 bits per heavy atom. The summed E-state index contributed by atoms with van der Waals surface area (Å²) in [6, 6.07) is 5.92. The van der Waals surface area contributed by atoms with E-state index in [2.05, 4.69) is 0 Å². The average molecular weight is 361 g/mol. The van der Waals surface area contributed by atoms with Gasteiger partial charge in [0.1, 0.15) is 17.4 Å². The second-order valence-electron chi connectivity index (χ2n) is 7.27. The van der Waals surface area contributed by atoms with Crippen molar-refractivity contribution < 1.29 is 19.2 Å². The minimum atomic E-state index is -0.521. The number of nitro benzene ring substituents is 1. The number of nitrogens with zero attached hydrogens (tertiary/aromatic N) is 3. The summed E-state index contributed by atoms with van der Waals surface area (Å²) in [6.07, 6.45) is 1.17. The second-order valence-corrected chi connectivity index (χ2v) is 7.27. The van der Waals surface area contributed by atoms with Crippen LogP contribution in [0.1, 0.15) is 39.2 Å². The molecule has 0 N–H and O–H groups in total. The van der Waals surface area contributed by atoms with Crippen LogP contribution in [0.3, 0.4) is 0 Å². The van der Waals surface area contributed by atoms with Crippen molar-refractivity contribution in [3.63, 3.8) is 0 Å². The third-order valence-electron chi connectivity index (χ3n) is 4.04. The molecule has 0 aliphatic carbocycles. The summed E-state index contributed by atoms with van der Waals surface area (Å²) in [5.74, 6) is 0.427. The van der Waals surface area contributed by atoms with Crippen molar-refractivity contribution in [1.29, 1.82) is 5.26 Å². The van der Waals surface area contributed by atoms with Crippen molar-refractivity contribution in [3.8, 4) is 11.8 Å². The van der Waals surface area contributed by atoms with Gasteiger partial charge in [0, 0.05) is 19.2 Å². The summed E-state index contributed by atoms with van der Waals surface area (Å²) < 4.78 is 11.0. The molecule has 0 saturated carbocycles. The Labute approximate surface area is 152 Å². The topological polar surface area (TPSA) is 106 Å². The number of piperidine rings is 1. The largest absolute Gasteiger partial charge is 0.492 e. The minimum absolute atomic E-state index is 0.112. The second kappa shape index (κ2) is 8.04. The summed E-state index contributed by atoms with van der Waals surface area (Å²) in [6.45, 7) is 6.98. The molecule has 0 radical (unpaired) electrons. The van der Waals surface area contributed by atoms with Gasteiger partial charge in [0.2, 0.25) is 0 Å². The van der Waals surface area contributed by atoms with Gasteiger partial charge in [-0.05, 0) is 45.6 Å². The highest BCUT2D eigenvalue weighted by molar-refractivity contribution is 5.68. The van der Waals surface area contributed by atoms with Crippen molar-refractivity contribution >= 4 is 11.8 Å². The van der Waals surface area contributed by atoms with E-state index in [1.165, 1.54) is 18.2 Å². The number of hydrogen-bond acceptors (Lipinski definition) is 6. The van der Waals surface area contributed by atoms with E-state index < -0.39 is 10.5 Å². The van der Waals surface area contributed by atoms with Gasteiger partial charge in [0.25, 0.3) is 5.69 Å². The standard InChI is InChI=1S/C18H23N3O5/c1-18(2,3)26-17(22)20-8-6-13(7-9-20)12-25-16-10-15(21(23)24)5-4-14(16)11-19/h4-5,10,13H,6-9,12H2,1-3H3. The number of likely N-dealkylation sites (tertiary alicyclic amines) is 1. The van der Waals surface area contributed by atoms with Crippen molar-refractivity contribution in [3.05, 3.63) is 33.9 Å². The molecule has 1 fully saturated rings. The van der Waals surface area contributed by atoms with E-state index in [0.717, 1.165) is 12.8 Å². The number of nitro groups is 1. The van der Waals surface area contributed by atoms with Crippen LogP contribution in [0.25, 0.3) is 0 Å². The van der Waals surface area contributed by atoms with Gasteiger partial charge in [0.05, 0.1) is 23.2 Å². The Balaban J connectivity index is 1.89. The van der Waals surface area contributed by atoms with Gasteiger partial charge >= 0.3 is 6.09 Å². The number of nitriles is 1. The molecule has 0 atom stereocenters. The number of benzene rings is 1. The van der Waals surface area contributed by atoms with Gasteiger partial charge in [-0.25, -0.2) is 4.79 Å². The van der Waals surface area contributed by atoms with Gasteiger partial charge in [-0.15, -0.1) is 0 Å². The molecule has 0 unspecified atom stereocenters. The number of carbonyl (C=O) groups is 1. The summed E-state index contributed by atoms with van der Waals surface area (Å²) in [7, 11) is 0. The summed E-state index contributed by atoms with van der Waals surface area (Å²) in [4.78, 5) is 24.1. The molecule has 0 spiro atoms. The van der Waals surface area contributed by atoms with Crippen molar-refractivity contribution in [2.45, 2.75) is 39.2 Å². The number of non-ortho nitro benzene ring substituents is 1.